The van der Waals surface area contributed by atoms with Gasteiger partial charge in [0, 0.05) is 18.3 Å². The molecular weight excluding hydrogens is 792 g/mol. The topological polar surface area (TPSA) is 215 Å². The number of hydrogen-bond donors (Lipinski definition) is 7. The van der Waals surface area contributed by atoms with Gasteiger partial charge in [-0.25, -0.2) is 0 Å². The van der Waals surface area contributed by atoms with E-state index in [9.17, 15) is 35.7 Å². The zero-order valence-corrected chi connectivity index (χ0v) is 37.0. The molecule has 7 N–H and O–H groups in total. The van der Waals surface area contributed by atoms with Gasteiger partial charge in [0.2, 0.25) is 0 Å². The molecule has 4 unspecified atom stereocenters. The van der Waals surface area contributed by atoms with Crippen molar-refractivity contribution in [3.63, 3.8) is 0 Å². The van der Waals surface area contributed by atoms with Gasteiger partial charge in [-0.2, -0.15) is 0 Å². The van der Waals surface area contributed by atoms with Gasteiger partial charge in [-0.1, -0.05) is 46.3 Å². The van der Waals surface area contributed by atoms with E-state index >= 15 is 0 Å². The second kappa shape index (κ2) is 16.8. The van der Waals surface area contributed by atoms with Crippen molar-refractivity contribution in [3.05, 3.63) is 11.6 Å². The first-order chi connectivity index (χ1) is 28.9. The van der Waals surface area contributed by atoms with Crippen LogP contribution in [-0.4, -0.2) is 153 Å². The summed E-state index contributed by atoms with van der Waals surface area (Å²) >= 11 is 0. The molecule has 0 bridgehead atoms. The van der Waals surface area contributed by atoms with Crippen LogP contribution in [0.5, 0.6) is 0 Å². The van der Waals surface area contributed by atoms with E-state index in [0.717, 1.165) is 45.1 Å². The van der Waals surface area contributed by atoms with Crippen molar-refractivity contribution in [2.75, 3.05) is 13.2 Å². The lowest BCUT2D eigenvalue weighted by molar-refractivity contribution is -0.384. The SMILES string of the molecule is CC1CC[C@@]2(OC1)O[C@H]1CC3C4CC=C5C[C@@H](O[C@@H]6O[C@H](CO)[C@@H](O[C@@H]7O[C@@H](C)[C@H](O)[C@@H](O)[C@H]7O[C@@H]7O[C@@H](C)[C@H](O)[C@@H](C)[C@H]7O)[C@H](O)[C@H]6O)CC[C@]5(C)C4CC[C@]3(C)[C@H]1[C@@H]2C. The Hall–Kier alpha value is -0.860. The highest BCUT2D eigenvalue weighted by atomic mass is 16.8. The minimum Gasteiger partial charge on any atom is -0.394 e. The summed E-state index contributed by atoms with van der Waals surface area (Å²) < 4.78 is 49.9. The molecule has 348 valence electrons. The highest BCUT2D eigenvalue weighted by Gasteiger charge is 2.69. The van der Waals surface area contributed by atoms with Gasteiger partial charge in [0.05, 0.1) is 43.7 Å². The second-order valence-electron chi connectivity index (χ2n) is 21.4. The van der Waals surface area contributed by atoms with Gasteiger partial charge in [-0.15, -0.1) is 0 Å². The molecule has 15 heteroatoms. The van der Waals surface area contributed by atoms with Crippen LogP contribution in [0.15, 0.2) is 11.6 Å². The average molecular weight is 867 g/mol. The summed E-state index contributed by atoms with van der Waals surface area (Å²) in [6.07, 6.45) is -6.48. The molecule has 1 spiro atoms. The van der Waals surface area contributed by atoms with Crippen LogP contribution in [0.4, 0.5) is 0 Å². The molecule has 15 nitrogen and oxygen atoms in total. The Kier molecular flexibility index (Phi) is 12.5. The lowest BCUT2D eigenvalue weighted by Gasteiger charge is -2.58. The van der Waals surface area contributed by atoms with Crippen LogP contribution in [0.1, 0.15) is 106 Å². The van der Waals surface area contributed by atoms with Crippen LogP contribution in [-0.2, 0) is 37.9 Å². The third kappa shape index (κ3) is 7.44. The number of rotatable bonds is 7. The van der Waals surface area contributed by atoms with Gasteiger partial charge >= 0.3 is 0 Å². The smallest absolute Gasteiger partial charge is 0.187 e. The van der Waals surface area contributed by atoms with Gasteiger partial charge in [-0.3, -0.25) is 0 Å². The number of allylic oxidation sites excluding steroid dienone is 1. The Balaban J connectivity index is 0.843. The molecule has 61 heavy (non-hydrogen) atoms. The number of ether oxygens (including phenoxy) is 8. The van der Waals surface area contributed by atoms with Crippen LogP contribution < -0.4 is 0 Å². The minimum absolute atomic E-state index is 0.0404. The van der Waals surface area contributed by atoms with E-state index in [1.165, 1.54) is 25.3 Å². The van der Waals surface area contributed by atoms with Crippen molar-refractivity contribution in [1.82, 2.24) is 0 Å². The molecule has 4 aliphatic carbocycles. The molecular formula is C46H74O15. The van der Waals surface area contributed by atoms with Crippen LogP contribution in [0.2, 0.25) is 0 Å². The van der Waals surface area contributed by atoms with Crippen molar-refractivity contribution in [2.24, 2.45) is 52.3 Å². The molecule has 3 saturated carbocycles. The molecule has 26 atom stereocenters. The first kappa shape index (κ1) is 45.3. The van der Waals surface area contributed by atoms with Gasteiger partial charge in [0.1, 0.15) is 48.8 Å². The largest absolute Gasteiger partial charge is 0.394 e. The molecule has 5 saturated heterocycles. The summed E-state index contributed by atoms with van der Waals surface area (Å²) in [7, 11) is 0. The lowest BCUT2D eigenvalue weighted by Crippen LogP contribution is -2.65. The Bertz CT molecular complexity index is 1590. The fraction of sp³-hybridized carbons (Fsp3) is 0.957. The summed E-state index contributed by atoms with van der Waals surface area (Å²) in [4.78, 5) is 0. The van der Waals surface area contributed by atoms with Gasteiger partial charge in [-0.05, 0) is 106 Å². The molecule has 0 radical (unpaired) electrons. The Labute approximate surface area is 360 Å². The third-order valence-electron chi connectivity index (χ3n) is 18.0. The van der Waals surface area contributed by atoms with E-state index in [4.69, 9.17) is 37.9 Å². The van der Waals surface area contributed by atoms with E-state index < -0.39 is 104 Å². The summed E-state index contributed by atoms with van der Waals surface area (Å²) in [5, 5.41) is 76.6. The van der Waals surface area contributed by atoms with Crippen molar-refractivity contribution in [1.29, 1.82) is 0 Å². The molecule has 9 aliphatic rings. The summed E-state index contributed by atoms with van der Waals surface area (Å²) in [5.74, 6) is 2.21. The van der Waals surface area contributed by atoms with Crippen molar-refractivity contribution >= 4 is 0 Å². The zero-order chi connectivity index (χ0) is 43.5. The second-order valence-corrected chi connectivity index (χ2v) is 21.4. The van der Waals surface area contributed by atoms with Crippen LogP contribution in [0, 0.1) is 52.3 Å². The average Bonchev–Trinajstić information content (AvgIpc) is 3.69. The van der Waals surface area contributed by atoms with Gasteiger partial charge in [0.25, 0.3) is 0 Å². The maximum Gasteiger partial charge on any atom is 0.187 e. The van der Waals surface area contributed by atoms with Crippen molar-refractivity contribution in [2.45, 2.75) is 210 Å². The summed E-state index contributed by atoms with van der Waals surface area (Å²) in [6.45, 7) is 14.7. The molecule has 9 rings (SSSR count). The van der Waals surface area contributed by atoms with E-state index in [2.05, 4.69) is 33.8 Å². The molecule has 0 aromatic carbocycles. The first-order valence-electron chi connectivity index (χ1n) is 23.5. The van der Waals surface area contributed by atoms with E-state index in [1.807, 2.05) is 0 Å². The monoisotopic (exact) mass is 867 g/mol. The molecule has 0 amide bonds. The van der Waals surface area contributed by atoms with Crippen LogP contribution in [0.3, 0.4) is 0 Å². The lowest BCUT2D eigenvalue weighted by atomic mass is 9.47. The molecule has 0 aromatic heterocycles. The third-order valence-corrected chi connectivity index (χ3v) is 18.0. The number of aliphatic hydroxyl groups excluding tert-OH is 7. The molecule has 5 aliphatic heterocycles. The number of aliphatic hydroxyl groups is 7. The molecule has 5 heterocycles. The van der Waals surface area contributed by atoms with Crippen LogP contribution >= 0.6 is 0 Å². The fourth-order valence-corrected chi connectivity index (χ4v) is 14.2. The van der Waals surface area contributed by atoms with Crippen molar-refractivity contribution in [3.8, 4) is 0 Å². The van der Waals surface area contributed by atoms with Crippen molar-refractivity contribution < 1.29 is 73.6 Å². The fourth-order valence-electron chi connectivity index (χ4n) is 14.2. The van der Waals surface area contributed by atoms with E-state index in [0.29, 0.717) is 41.9 Å². The predicted molar refractivity (Wildman–Crippen MR) is 216 cm³/mol. The normalized spacial score (nSPS) is 58.4. The summed E-state index contributed by atoms with van der Waals surface area (Å²) in [5.41, 5.74) is 1.67. The Morgan fingerprint density at radius 2 is 1.39 bits per heavy atom. The highest BCUT2D eigenvalue weighted by molar-refractivity contribution is 5.26. The number of fused-ring (bicyclic) bond motifs is 7. The number of hydrogen-bond acceptors (Lipinski definition) is 15. The predicted octanol–water partition coefficient (Wildman–Crippen LogP) is 2.52. The van der Waals surface area contributed by atoms with E-state index in [-0.39, 0.29) is 23.0 Å². The summed E-state index contributed by atoms with van der Waals surface area (Å²) in [6, 6.07) is 0. The minimum atomic E-state index is -1.60. The highest BCUT2D eigenvalue weighted by Crippen LogP contribution is 2.70. The zero-order valence-electron chi connectivity index (χ0n) is 37.0. The Morgan fingerprint density at radius 1 is 0.705 bits per heavy atom. The van der Waals surface area contributed by atoms with Gasteiger partial charge in [0.15, 0.2) is 24.7 Å². The molecule has 0 aromatic rings. The van der Waals surface area contributed by atoms with Gasteiger partial charge < -0.3 is 73.6 Å². The van der Waals surface area contributed by atoms with E-state index in [1.54, 1.807) is 13.8 Å². The maximum absolute atomic E-state index is 11.5. The quantitative estimate of drug-likeness (QED) is 0.183. The Morgan fingerprint density at radius 3 is 2.11 bits per heavy atom. The molecule has 8 fully saturated rings. The standard InChI is InChI=1S/C46H74O15/c1-20-10-15-46(54-19-20)22(3)32-30(61-46)17-29-27-9-8-25-16-26(11-13-44(25,6)28(27)12-14-45(29,32)7)57-42-38(53)37(52)39(31(18-47)58-42)59-43-40(36(51)35(50)24(5)56-43)60-41-34(49)21(2)33(48)23(4)55-41/h8,20-24,26-43,47-53H,9-19H2,1-7H3/t20?,21-,22+,23+,24+,26+,27?,28?,29?,30+,31-,32+,33-,34-,35+,36-,37-,38-,39-,40-,41+,42-,43+,44+,45+,46-/m1/s1. The first-order valence-corrected chi connectivity index (χ1v) is 23.5. The maximum atomic E-state index is 11.5. The van der Waals surface area contributed by atoms with Crippen LogP contribution in [0.25, 0.3) is 0 Å².